The molecule has 0 saturated carbocycles. The van der Waals surface area contributed by atoms with Crippen molar-refractivity contribution in [3.63, 3.8) is 0 Å². The van der Waals surface area contributed by atoms with Gasteiger partial charge in [-0.15, -0.1) is 0 Å². The summed E-state index contributed by atoms with van der Waals surface area (Å²) in [5.74, 6) is 0.653. The topological polar surface area (TPSA) is 58.1 Å². The van der Waals surface area contributed by atoms with Crippen LogP contribution in [0.5, 0.6) is 11.6 Å². The van der Waals surface area contributed by atoms with E-state index in [0.29, 0.717) is 5.88 Å². The van der Waals surface area contributed by atoms with E-state index < -0.39 is 0 Å². The molecule has 4 heteroatoms. The molecule has 4 nitrogen and oxygen atoms in total. The Hall–Kier alpha value is -1.71. The van der Waals surface area contributed by atoms with Crippen LogP contribution in [0.4, 0.5) is 0 Å². The van der Waals surface area contributed by atoms with E-state index in [1.54, 1.807) is 19.4 Å². The molecule has 2 N–H and O–H groups in total. The minimum absolute atomic E-state index is 0.159. The van der Waals surface area contributed by atoms with Crippen molar-refractivity contribution in [2.24, 2.45) is 0 Å². The molecule has 0 radical (unpaired) electrons. The fourth-order valence-electron chi connectivity index (χ4n) is 1.17. The SMILES string of the molecule is COc1ncc(O)c2cc[nH]c12. The number of methoxy groups -OCH3 is 1. The Morgan fingerprint density at radius 3 is 3.17 bits per heavy atom. The molecule has 0 unspecified atom stereocenters. The van der Waals surface area contributed by atoms with Gasteiger partial charge in [-0.2, -0.15) is 0 Å². The molecule has 2 aromatic rings. The van der Waals surface area contributed by atoms with Crippen molar-refractivity contribution in [1.29, 1.82) is 0 Å². The maximum absolute atomic E-state index is 9.34. The number of ether oxygens (including phenoxy) is 1. The van der Waals surface area contributed by atoms with Gasteiger partial charge >= 0.3 is 0 Å². The Kier molecular flexibility index (Phi) is 1.40. The van der Waals surface area contributed by atoms with E-state index in [1.165, 1.54) is 6.20 Å². The molecule has 0 aliphatic rings. The molecule has 0 fully saturated rings. The number of hydrogen-bond acceptors (Lipinski definition) is 3. The molecule has 2 rings (SSSR count). The lowest BCUT2D eigenvalue weighted by molar-refractivity contribution is 0.400. The Labute approximate surface area is 68.8 Å². The standard InChI is InChI=1S/C8H8N2O2/c1-12-8-7-5(2-3-9-7)6(11)4-10-8/h2-4,9,11H,1H3. The zero-order chi connectivity index (χ0) is 8.55. The van der Waals surface area contributed by atoms with Gasteiger partial charge in [-0.25, -0.2) is 4.98 Å². The van der Waals surface area contributed by atoms with E-state index in [9.17, 15) is 5.11 Å². The van der Waals surface area contributed by atoms with Crippen molar-refractivity contribution in [2.75, 3.05) is 7.11 Å². The average molecular weight is 164 g/mol. The molecular formula is C8H8N2O2. The number of H-pyrrole nitrogens is 1. The molecule has 2 heterocycles. The van der Waals surface area contributed by atoms with Gasteiger partial charge in [-0.1, -0.05) is 0 Å². The smallest absolute Gasteiger partial charge is 0.238 e. The number of pyridine rings is 1. The monoisotopic (exact) mass is 164 g/mol. The highest BCUT2D eigenvalue weighted by molar-refractivity contribution is 5.88. The average Bonchev–Trinajstić information content (AvgIpc) is 2.54. The summed E-state index contributed by atoms with van der Waals surface area (Å²) >= 11 is 0. The lowest BCUT2D eigenvalue weighted by Gasteiger charge is -2.00. The van der Waals surface area contributed by atoms with Gasteiger partial charge in [0.05, 0.1) is 13.3 Å². The first-order chi connectivity index (χ1) is 5.83. The number of aromatic hydroxyl groups is 1. The maximum atomic E-state index is 9.34. The van der Waals surface area contributed by atoms with Gasteiger partial charge in [0.15, 0.2) is 0 Å². The third-order valence-electron chi connectivity index (χ3n) is 1.73. The van der Waals surface area contributed by atoms with E-state index in [-0.39, 0.29) is 5.75 Å². The predicted molar refractivity (Wildman–Crippen MR) is 44.3 cm³/mol. The maximum Gasteiger partial charge on any atom is 0.238 e. The van der Waals surface area contributed by atoms with Crippen molar-refractivity contribution in [3.05, 3.63) is 18.5 Å². The van der Waals surface area contributed by atoms with Crippen LogP contribution in [0, 0.1) is 0 Å². The minimum Gasteiger partial charge on any atom is -0.506 e. The highest BCUT2D eigenvalue weighted by Crippen LogP contribution is 2.28. The van der Waals surface area contributed by atoms with Crippen LogP contribution >= 0.6 is 0 Å². The van der Waals surface area contributed by atoms with Crippen LogP contribution in [0.2, 0.25) is 0 Å². The number of fused-ring (bicyclic) bond motifs is 1. The van der Waals surface area contributed by atoms with E-state index >= 15 is 0 Å². The highest BCUT2D eigenvalue weighted by Gasteiger charge is 2.06. The Morgan fingerprint density at radius 1 is 1.58 bits per heavy atom. The number of rotatable bonds is 1. The van der Waals surface area contributed by atoms with Crippen molar-refractivity contribution in [2.45, 2.75) is 0 Å². The first-order valence-corrected chi connectivity index (χ1v) is 3.52. The normalized spacial score (nSPS) is 10.4. The second-order valence-corrected chi connectivity index (χ2v) is 2.42. The van der Waals surface area contributed by atoms with Crippen molar-refractivity contribution < 1.29 is 9.84 Å². The van der Waals surface area contributed by atoms with Crippen LogP contribution in [-0.4, -0.2) is 22.2 Å². The summed E-state index contributed by atoms with van der Waals surface area (Å²) in [5.41, 5.74) is 0.720. The van der Waals surface area contributed by atoms with Gasteiger partial charge in [0, 0.05) is 11.6 Å². The minimum atomic E-state index is 0.159. The second kappa shape index (κ2) is 2.41. The van der Waals surface area contributed by atoms with Gasteiger partial charge in [0.2, 0.25) is 5.88 Å². The Balaban J connectivity index is 2.82. The summed E-state index contributed by atoms with van der Waals surface area (Å²) in [6.07, 6.45) is 3.10. The molecule has 0 saturated heterocycles. The van der Waals surface area contributed by atoms with Crippen LogP contribution in [0.3, 0.4) is 0 Å². The number of hydrogen-bond donors (Lipinski definition) is 2. The van der Waals surface area contributed by atoms with Crippen molar-refractivity contribution >= 4 is 10.9 Å². The highest BCUT2D eigenvalue weighted by atomic mass is 16.5. The molecule has 0 aromatic carbocycles. The largest absolute Gasteiger partial charge is 0.506 e. The van der Waals surface area contributed by atoms with Crippen LogP contribution in [-0.2, 0) is 0 Å². The summed E-state index contributed by atoms with van der Waals surface area (Å²) < 4.78 is 4.99. The number of aromatic nitrogens is 2. The van der Waals surface area contributed by atoms with Gasteiger partial charge < -0.3 is 14.8 Å². The van der Waals surface area contributed by atoms with E-state index in [4.69, 9.17) is 4.74 Å². The molecule has 0 spiro atoms. The van der Waals surface area contributed by atoms with Gasteiger partial charge in [0.1, 0.15) is 11.3 Å². The molecular weight excluding hydrogens is 156 g/mol. The van der Waals surface area contributed by atoms with Gasteiger partial charge in [-0.3, -0.25) is 0 Å². The molecule has 0 atom stereocenters. The molecule has 12 heavy (non-hydrogen) atoms. The van der Waals surface area contributed by atoms with E-state index in [0.717, 1.165) is 10.9 Å². The van der Waals surface area contributed by atoms with Gasteiger partial charge in [-0.05, 0) is 6.07 Å². The summed E-state index contributed by atoms with van der Waals surface area (Å²) in [4.78, 5) is 6.83. The molecule has 0 amide bonds. The quantitative estimate of drug-likeness (QED) is 0.667. The number of nitrogens with zero attached hydrogens (tertiary/aromatic N) is 1. The third kappa shape index (κ3) is 0.812. The van der Waals surface area contributed by atoms with E-state index in [1.807, 2.05) is 0 Å². The molecule has 0 bridgehead atoms. The number of aromatic amines is 1. The Bertz CT molecular complexity index is 408. The molecule has 0 aliphatic carbocycles. The van der Waals surface area contributed by atoms with Crippen molar-refractivity contribution in [1.82, 2.24) is 9.97 Å². The summed E-state index contributed by atoms with van der Waals surface area (Å²) in [6.45, 7) is 0. The lowest BCUT2D eigenvalue weighted by atomic mass is 10.3. The summed E-state index contributed by atoms with van der Waals surface area (Å²) in [6, 6.07) is 1.77. The molecule has 62 valence electrons. The van der Waals surface area contributed by atoms with E-state index in [2.05, 4.69) is 9.97 Å². The fraction of sp³-hybridized carbons (Fsp3) is 0.125. The predicted octanol–water partition coefficient (Wildman–Crippen LogP) is 1.28. The van der Waals surface area contributed by atoms with Crippen LogP contribution < -0.4 is 4.74 Å². The molecule has 2 aromatic heterocycles. The lowest BCUT2D eigenvalue weighted by Crippen LogP contribution is -1.87. The zero-order valence-electron chi connectivity index (χ0n) is 6.53. The second-order valence-electron chi connectivity index (χ2n) is 2.42. The summed E-state index contributed by atoms with van der Waals surface area (Å²) in [5, 5.41) is 10.1. The van der Waals surface area contributed by atoms with Crippen LogP contribution in [0.25, 0.3) is 10.9 Å². The van der Waals surface area contributed by atoms with Crippen molar-refractivity contribution in [3.8, 4) is 11.6 Å². The Morgan fingerprint density at radius 2 is 2.42 bits per heavy atom. The van der Waals surface area contributed by atoms with Crippen LogP contribution in [0.1, 0.15) is 0 Å². The third-order valence-corrected chi connectivity index (χ3v) is 1.73. The fourth-order valence-corrected chi connectivity index (χ4v) is 1.17. The van der Waals surface area contributed by atoms with Crippen LogP contribution in [0.15, 0.2) is 18.5 Å². The zero-order valence-corrected chi connectivity index (χ0v) is 6.53. The summed E-state index contributed by atoms with van der Waals surface area (Å²) in [7, 11) is 1.54. The molecule has 0 aliphatic heterocycles. The first-order valence-electron chi connectivity index (χ1n) is 3.52. The first kappa shape index (κ1) is 6.97. The number of nitrogens with one attached hydrogen (secondary N) is 1. The van der Waals surface area contributed by atoms with Gasteiger partial charge in [0.25, 0.3) is 0 Å².